The van der Waals surface area contributed by atoms with Crippen LogP contribution in [-0.4, -0.2) is 53.1 Å². The lowest BCUT2D eigenvalue weighted by Gasteiger charge is -2.29. The molecule has 9 heteroatoms. The Balaban J connectivity index is 2.10. The molecular weight excluding hydrogens is 300 g/mol. The number of anilines is 1. The Labute approximate surface area is 126 Å². The summed E-state index contributed by atoms with van der Waals surface area (Å²) in [7, 11) is 0. The first-order valence-corrected chi connectivity index (χ1v) is 6.80. The van der Waals surface area contributed by atoms with Crippen LogP contribution in [0.2, 0.25) is 5.02 Å². The number of halogens is 1. The van der Waals surface area contributed by atoms with Crippen LogP contribution in [-0.2, 0) is 9.53 Å². The Bertz CT molecular complexity index is 548. The Morgan fingerprint density at radius 1 is 1.57 bits per heavy atom. The van der Waals surface area contributed by atoms with Crippen LogP contribution in [0.3, 0.4) is 0 Å². The number of carbonyl (C=O) groups is 1. The third kappa shape index (κ3) is 3.79. The Hall–Kier alpha value is -1.93. The molecular formula is C12H15ClN4O4. The lowest BCUT2D eigenvalue weighted by molar-refractivity contribution is -0.384. The fourth-order valence-electron chi connectivity index (χ4n) is 2.00. The first-order chi connectivity index (χ1) is 9.99. The van der Waals surface area contributed by atoms with Crippen molar-refractivity contribution < 1.29 is 14.5 Å². The van der Waals surface area contributed by atoms with Gasteiger partial charge in [-0.2, -0.15) is 0 Å². The highest BCUT2D eigenvalue weighted by molar-refractivity contribution is 6.30. The predicted octanol–water partition coefficient (Wildman–Crippen LogP) is 1.30. The molecule has 0 bridgehead atoms. The number of nitrogens with zero attached hydrogens (tertiary/aromatic N) is 3. The summed E-state index contributed by atoms with van der Waals surface area (Å²) in [6, 6.07) is 0.568. The molecule has 1 atom stereocenters. The van der Waals surface area contributed by atoms with Gasteiger partial charge in [0.25, 0.3) is 0 Å². The number of carbonyl (C=O) groups excluding carboxylic acids is 1. The van der Waals surface area contributed by atoms with Gasteiger partial charge in [-0.25, -0.2) is 4.98 Å². The van der Waals surface area contributed by atoms with Crippen LogP contribution in [0.1, 0.15) is 6.92 Å². The molecule has 0 spiro atoms. The summed E-state index contributed by atoms with van der Waals surface area (Å²) in [6.45, 7) is 3.66. The first kappa shape index (κ1) is 15.5. The van der Waals surface area contributed by atoms with E-state index in [4.69, 9.17) is 16.3 Å². The van der Waals surface area contributed by atoms with Gasteiger partial charge < -0.3 is 15.0 Å². The van der Waals surface area contributed by atoms with Crippen LogP contribution < -0.4 is 5.32 Å². The van der Waals surface area contributed by atoms with Crippen molar-refractivity contribution in [2.24, 2.45) is 0 Å². The van der Waals surface area contributed by atoms with E-state index in [1.54, 1.807) is 11.8 Å². The van der Waals surface area contributed by atoms with E-state index in [-0.39, 0.29) is 22.4 Å². The molecule has 0 aliphatic carbocycles. The highest BCUT2D eigenvalue weighted by atomic mass is 35.5. The van der Waals surface area contributed by atoms with Crippen molar-refractivity contribution in [3.05, 3.63) is 27.4 Å². The van der Waals surface area contributed by atoms with E-state index in [2.05, 4.69) is 10.3 Å². The van der Waals surface area contributed by atoms with E-state index in [9.17, 15) is 14.9 Å². The van der Waals surface area contributed by atoms with Gasteiger partial charge in [-0.3, -0.25) is 14.9 Å². The number of hydrogen-bond donors (Lipinski definition) is 1. The molecule has 1 N–H and O–H groups in total. The van der Waals surface area contributed by atoms with Gasteiger partial charge in [-0.05, 0) is 6.92 Å². The van der Waals surface area contributed by atoms with Gasteiger partial charge in [0.1, 0.15) is 6.04 Å². The van der Waals surface area contributed by atoms with Crippen LogP contribution in [0, 0.1) is 10.1 Å². The summed E-state index contributed by atoms with van der Waals surface area (Å²) in [5.41, 5.74) is -0.260. The molecule has 1 aromatic heterocycles. The van der Waals surface area contributed by atoms with Crippen LogP contribution in [0.25, 0.3) is 0 Å². The molecule has 0 saturated carbocycles. The predicted molar refractivity (Wildman–Crippen MR) is 76.4 cm³/mol. The number of ether oxygens (including phenoxy) is 1. The monoisotopic (exact) mass is 314 g/mol. The molecule has 8 nitrogen and oxygen atoms in total. The number of aromatic nitrogens is 1. The van der Waals surface area contributed by atoms with Crippen molar-refractivity contribution in [2.75, 3.05) is 31.6 Å². The summed E-state index contributed by atoms with van der Waals surface area (Å²) in [4.78, 5) is 28.2. The zero-order valence-electron chi connectivity index (χ0n) is 11.4. The molecule has 21 heavy (non-hydrogen) atoms. The molecule has 114 valence electrons. The summed E-state index contributed by atoms with van der Waals surface area (Å²) < 4.78 is 5.18. The Morgan fingerprint density at radius 3 is 2.86 bits per heavy atom. The van der Waals surface area contributed by atoms with Gasteiger partial charge in [-0.15, -0.1) is 0 Å². The maximum atomic E-state index is 12.2. The topological polar surface area (TPSA) is 97.6 Å². The van der Waals surface area contributed by atoms with E-state index in [1.165, 1.54) is 12.3 Å². The average molecular weight is 315 g/mol. The van der Waals surface area contributed by atoms with E-state index in [0.717, 1.165) is 0 Å². The number of nitrogens with one attached hydrogen (secondary N) is 1. The molecule has 1 saturated heterocycles. The maximum Gasteiger partial charge on any atom is 0.312 e. The van der Waals surface area contributed by atoms with Crippen molar-refractivity contribution >= 4 is 29.0 Å². The molecule has 1 fully saturated rings. The summed E-state index contributed by atoms with van der Waals surface area (Å²) >= 11 is 5.70. The fraction of sp³-hybridized carbons (Fsp3) is 0.500. The summed E-state index contributed by atoms with van der Waals surface area (Å²) in [5, 5.41) is 13.9. The fourth-order valence-corrected chi connectivity index (χ4v) is 2.16. The normalized spacial score (nSPS) is 16.4. The van der Waals surface area contributed by atoms with E-state index in [1.807, 2.05) is 0 Å². The smallest absolute Gasteiger partial charge is 0.312 e. The number of rotatable bonds is 4. The third-order valence-electron chi connectivity index (χ3n) is 3.08. The zero-order chi connectivity index (χ0) is 15.4. The van der Waals surface area contributed by atoms with Gasteiger partial charge >= 0.3 is 5.69 Å². The highest BCUT2D eigenvalue weighted by Gasteiger charge is 2.25. The number of morpholine rings is 1. The minimum Gasteiger partial charge on any atom is -0.378 e. The SMILES string of the molecule is CC(Nc1ncc(Cl)cc1[N+](=O)[O-])C(=O)N1CCOCC1. The van der Waals surface area contributed by atoms with Gasteiger partial charge in [0.05, 0.1) is 23.2 Å². The molecule has 2 rings (SSSR count). The van der Waals surface area contributed by atoms with Crippen molar-refractivity contribution in [1.29, 1.82) is 0 Å². The second-order valence-corrected chi connectivity index (χ2v) is 5.02. The first-order valence-electron chi connectivity index (χ1n) is 6.42. The Kier molecular flexibility index (Phi) is 4.92. The van der Waals surface area contributed by atoms with Gasteiger partial charge in [0.2, 0.25) is 11.7 Å². The molecule has 1 aliphatic heterocycles. The average Bonchev–Trinajstić information content (AvgIpc) is 2.49. The lowest BCUT2D eigenvalue weighted by atomic mass is 10.2. The van der Waals surface area contributed by atoms with Gasteiger partial charge in [0.15, 0.2) is 0 Å². The van der Waals surface area contributed by atoms with Crippen molar-refractivity contribution in [3.63, 3.8) is 0 Å². The minimum atomic E-state index is -0.629. The number of nitro groups is 1. The lowest BCUT2D eigenvalue weighted by Crippen LogP contribution is -2.47. The second kappa shape index (κ2) is 6.68. The third-order valence-corrected chi connectivity index (χ3v) is 3.28. The van der Waals surface area contributed by atoms with Crippen molar-refractivity contribution in [1.82, 2.24) is 9.88 Å². The van der Waals surface area contributed by atoms with E-state index < -0.39 is 11.0 Å². The van der Waals surface area contributed by atoms with Crippen LogP contribution >= 0.6 is 11.6 Å². The van der Waals surface area contributed by atoms with Crippen LogP contribution in [0.15, 0.2) is 12.3 Å². The molecule has 1 unspecified atom stereocenters. The highest BCUT2D eigenvalue weighted by Crippen LogP contribution is 2.25. The zero-order valence-corrected chi connectivity index (χ0v) is 12.2. The molecule has 1 amide bonds. The van der Waals surface area contributed by atoms with Crippen LogP contribution in [0.5, 0.6) is 0 Å². The van der Waals surface area contributed by atoms with E-state index in [0.29, 0.717) is 26.3 Å². The minimum absolute atomic E-state index is 0.0264. The van der Waals surface area contributed by atoms with Crippen molar-refractivity contribution in [3.8, 4) is 0 Å². The standard InChI is InChI=1S/C12H15ClN4O4/c1-8(12(18)16-2-4-21-5-3-16)15-11-10(17(19)20)6-9(13)7-14-11/h6-8H,2-5H2,1H3,(H,14,15). The number of hydrogen-bond acceptors (Lipinski definition) is 6. The molecule has 0 aromatic carbocycles. The number of pyridine rings is 1. The second-order valence-electron chi connectivity index (χ2n) is 4.58. The molecule has 0 radical (unpaired) electrons. The van der Waals surface area contributed by atoms with Crippen LogP contribution in [0.4, 0.5) is 11.5 Å². The summed E-state index contributed by atoms with van der Waals surface area (Å²) in [5.74, 6) is -0.122. The maximum absolute atomic E-state index is 12.2. The molecule has 1 aromatic rings. The summed E-state index contributed by atoms with van der Waals surface area (Å²) in [6.07, 6.45) is 1.29. The Morgan fingerprint density at radius 2 is 2.24 bits per heavy atom. The van der Waals surface area contributed by atoms with Gasteiger partial charge in [0, 0.05) is 25.4 Å². The van der Waals surface area contributed by atoms with E-state index >= 15 is 0 Å². The quantitative estimate of drug-likeness (QED) is 0.664. The molecule has 2 heterocycles. The van der Waals surface area contributed by atoms with Gasteiger partial charge in [-0.1, -0.05) is 11.6 Å². The molecule has 1 aliphatic rings. The van der Waals surface area contributed by atoms with Crippen molar-refractivity contribution in [2.45, 2.75) is 13.0 Å². The number of amides is 1. The largest absolute Gasteiger partial charge is 0.378 e.